The topological polar surface area (TPSA) is 84.9 Å². The molecule has 29 heavy (non-hydrogen) atoms. The number of rotatable bonds is 12. The summed E-state index contributed by atoms with van der Waals surface area (Å²) in [6.07, 6.45) is 8.70. The largest absolute Gasteiger partial charge is 0.357 e. The summed E-state index contributed by atoms with van der Waals surface area (Å²) in [4.78, 5) is 4.65. The minimum Gasteiger partial charge on any atom is -0.357 e. The van der Waals surface area contributed by atoms with Crippen LogP contribution in [-0.4, -0.2) is 56.4 Å². The van der Waals surface area contributed by atoms with E-state index in [4.69, 9.17) is 0 Å². The van der Waals surface area contributed by atoms with Crippen molar-refractivity contribution in [1.82, 2.24) is 35.2 Å². The fraction of sp³-hybridized carbons (Fsp3) is 0.684. The number of aromatic nitrogens is 5. The highest BCUT2D eigenvalue weighted by atomic mass is 127. The first-order chi connectivity index (χ1) is 13.6. The molecule has 0 saturated carbocycles. The van der Waals surface area contributed by atoms with Crippen molar-refractivity contribution in [2.45, 2.75) is 58.3 Å². The van der Waals surface area contributed by atoms with Gasteiger partial charge in [-0.1, -0.05) is 25.6 Å². The zero-order chi connectivity index (χ0) is 20.2. The predicted octanol–water partition coefficient (Wildman–Crippen LogP) is 3.05. The summed E-state index contributed by atoms with van der Waals surface area (Å²) >= 11 is 1.66. The van der Waals surface area contributed by atoms with E-state index in [2.05, 4.69) is 62.5 Å². The Morgan fingerprint density at radius 3 is 2.72 bits per heavy atom. The number of nitrogens with zero attached hydrogens (tertiary/aromatic N) is 6. The summed E-state index contributed by atoms with van der Waals surface area (Å²) in [6.45, 7) is 10.9. The van der Waals surface area contributed by atoms with Gasteiger partial charge in [0.15, 0.2) is 11.1 Å². The summed E-state index contributed by atoms with van der Waals surface area (Å²) in [5.74, 6) is 2.52. The Hall–Kier alpha value is -1.30. The summed E-state index contributed by atoms with van der Waals surface area (Å²) in [7, 11) is 0. The normalized spacial score (nSPS) is 11.6. The van der Waals surface area contributed by atoms with Crippen LogP contribution in [0.15, 0.2) is 28.6 Å². The van der Waals surface area contributed by atoms with Crippen LogP contribution >= 0.6 is 35.7 Å². The van der Waals surface area contributed by atoms with Gasteiger partial charge in [-0.15, -0.1) is 34.2 Å². The lowest BCUT2D eigenvalue weighted by molar-refractivity contribution is 0.477. The average Bonchev–Trinajstić information content (AvgIpc) is 3.32. The summed E-state index contributed by atoms with van der Waals surface area (Å²) < 4.78 is 4.19. The van der Waals surface area contributed by atoms with Crippen molar-refractivity contribution in [2.75, 3.05) is 25.9 Å². The molecular weight excluding hydrogens is 499 g/mol. The number of thioether (sulfide) groups is 1. The first-order valence-corrected chi connectivity index (χ1v) is 11.3. The van der Waals surface area contributed by atoms with Crippen molar-refractivity contribution in [3.63, 3.8) is 0 Å². The van der Waals surface area contributed by atoms with Crippen LogP contribution in [0.3, 0.4) is 0 Å². The van der Waals surface area contributed by atoms with Gasteiger partial charge in [-0.3, -0.25) is 9.67 Å². The highest BCUT2D eigenvalue weighted by molar-refractivity contribution is 14.0. The van der Waals surface area contributed by atoms with Crippen LogP contribution in [0.25, 0.3) is 0 Å². The zero-order valence-electron chi connectivity index (χ0n) is 18.0. The molecule has 10 heteroatoms. The molecule has 0 aliphatic rings. The third-order valence-electron chi connectivity index (χ3n) is 4.11. The summed E-state index contributed by atoms with van der Waals surface area (Å²) in [5, 5.41) is 20.6. The van der Waals surface area contributed by atoms with E-state index >= 15 is 0 Å². The Labute approximate surface area is 195 Å². The van der Waals surface area contributed by atoms with Crippen LogP contribution in [0, 0.1) is 5.92 Å². The standard InChI is InChI=1S/C19H34N8S.HI/c1-5-20-18(22-11-7-13-26-14-8-12-23-26)21-10-6-9-17-24-25-19(28-4)27(17)15-16(2)3;/h8,12,14,16H,5-7,9-11,13,15H2,1-4H3,(H2,20,21,22);1H. The molecule has 0 amide bonds. The van der Waals surface area contributed by atoms with E-state index in [9.17, 15) is 0 Å². The second-order valence-electron chi connectivity index (χ2n) is 7.02. The van der Waals surface area contributed by atoms with E-state index in [-0.39, 0.29) is 24.0 Å². The molecule has 2 rings (SSSR count). The monoisotopic (exact) mass is 534 g/mol. The number of hydrogen-bond donors (Lipinski definition) is 2. The molecule has 0 radical (unpaired) electrons. The van der Waals surface area contributed by atoms with Crippen LogP contribution in [0.1, 0.15) is 39.4 Å². The average molecular weight is 535 g/mol. The van der Waals surface area contributed by atoms with Crippen molar-refractivity contribution in [1.29, 1.82) is 0 Å². The Morgan fingerprint density at radius 2 is 2.07 bits per heavy atom. The number of aryl methyl sites for hydroxylation is 2. The molecule has 0 atom stereocenters. The highest BCUT2D eigenvalue weighted by Gasteiger charge is 2.12. The molecule has 0 aliphatic carbocycles. The van der Waals surface area contributed by atoms with Crippen molar-refractivity contribution in [3.05, 3.63) is 24.3 Å². The number of halogens is 1. The van der Waals surface area contributed by atoms with Gasteiger partial charge < -0.3 is 15.2 Å². The quantitative estimate of drug-likeness (QED) is 0.143. The van der Waals surface area contributed by atoms with E-state index in [1.54, 1.807) is 18.0 Å². The molecule has 8 nitrogen and oxygen atoms in total. The maximum atomic E-state index is 4.65. The van der Waals surface area contributed by atoms with Gasteiger partial charge in [-0.2, -0.15) is 5.10 Å². The van der Waals surface area contributed by atoms with E-state index < -0.39 is 0 Å². The molecule has 2 heterocycles. The Balaban J connectivity index is 0.00000420. The Morgan fingerprint density at radius 1 is 1.24 bits per heavy atom. The zero-order valence-corrected chi connectivity index (χ0v) is 21.1. The maximum absolute atomic E-state index is 4.65. The molecular formula is C19H35IN8S. The third kappa shape index (κ3) is 9.37. The van der Waals surface area contributed by atoms with E-state index in [0.717, 1.165) is 68.9 Å². The fourth-order valence-corrected chi connectivity index (χ4v) is 3.38. The maximum Gasteiger partial charge on any atom is 0.191 e. The number of hydrogen-bond acceptors (Lipinski definition) is 5. The van der Waals surface area contributed by atoms with Gasteiger partial charge >= 0.3 is 0 Å². The minimum atomic E-state index is 0. The van der Waals surface area contributed by atoms with Crippen LogP contribution in [-0.2, 0) is 19.5 Å². The van der Waals surface area contributed by atoms with Gasteiger partial charge in [0.1, 0.15) is 5.82 Å². The Kier molecular flexibility index (Phi) is 13.0. The van der Waals surface area contributed by atoms with Gasteiger partial charge in [0, 0.05) is 51.5 Å². The van der Waals surface area contributed by atoms with E-state index in [1.165, 1.54) is 0 Å². The van der Waals surface area contributed by atoms with Gasteiger partial charge in [0.25, 0.3) is 0 Å². The molecule has 0 aliphatic heterocycles. The molecule has 0 spiro atoms. The summed E-state index contributed by atoms with van der Waals surface area (Å²) in [6, 6.07) is 1.94. The molecule has 0 fully saturated rings. The second-order valence-corrected chi connectivity index (χ2v) is 7.79. The molecule has 0 unspecified atom stereocenters. The van der Waals surface area contributed by atoms with Gasteiger partial charge in [-0.25, -0.2) is 0 Å². The molecule has 0 aromatic carbocycles. The smallest absolute Gasteiger partial charge is 0.191 e. The molecule has 2 aromatic rings. The SMILES string of the molecule is CCNC(=NCCCn1cccn1)NCCCc1nnc(SC)n1CC(C)C.I. The van der Waals surface area contributed by atoms with Crippen LogP contribution in [0.4, 0.5) is 0 Å². The lowest BCUT2D eigenvalue weighted by atomic mass is 10.2. The lowest BCUT2D eigenvalue weighted by Gasteiger charge is -2.13. The molecule has 0 saturated heterocycles. The van der Waals surface area contributed by atoms with Gasteiger partial charge in [0.2, 0.25) is 0 Å². The van der Waals surface area contributed by atoms with E-state index in [0.29, 0.717) is 5.92 Å². The van der Waals surface area contributed by atoms with Crippen molar-refractivity contribution < 1.29 is 0 Å². The highest BCUT2D eigenvalue weighted by Crippen LogP contribution is 2.16. The van der Waals surface area contributed by atoms with Gasteiger partial charge in [0.05, 0.1) is 0 Å². The molecule has 2 N–H and O–H groups in total. The molecule has 0 bridgehead atoms. The fourth-order valence-electron chi connectivity index (χ4n) is 2.85. The van der Waals surface area contributed by atoms with Crippen LogP contribution < -0.4 is 10.6 Å². The number of nitrogens with one attached hydrogen (secondary N) is 2. The van der Waals surface area contributed by atoms with Crippen LogP contribution in [0.2, 0.25) is 0 Å². The second kappa shape index (κ2) is 14.6. The van der Waals surface area contributed by atoms with Crippen molar-refractivity contribution >= 4 is 41.7 Å². The van der Waals surface area contributed by atoms with E-state index in [1.807, 2.05) is 16.9 Å². The molecule has 2 aromatic heterocycles. The first kappa shape index (κ1) is 25.7. The van der Waals surface area contributed by atoms with Gasteiger partial charge in [-0.05, 0) is 38.0 Å². The van der Waals surface area contributed by atoms with Crippen molar-refractivity contribution in [3.8, 4) is 0 Å². The number of guanidine groups is 1. The lowest BCUT2D eigenvalue weighted by Crippen LogP contribution is -2.38. The summed E-state index contributed by atoms with van der Waals surface area (Å²) in [5.41, 5.74) is 0. The predicted molar refractivity (Wildman–Crippen MR) is 131 cm³/mol. The number of aliphatic imine (C=N–C) groups is 1. The molecule has 164 valence electrons. The Bertz CT molecular complexity index is 699. The first-order valence-electron chi connectivity index (χ1n) is 10.1. The van der Waals surface area contributed by atoms with Crippen LogP contribution in [0.5, 0.6) is 0 Å². The third-order valence-corrected chi connectivity index (χ3v) is 4.78. The van der Waals surface area contributed by atoms with Crippen molar-refractivity contribution in [2.24, 2.45) is 10.9 Å². The minimum absolute atomic E-state index is 0.